The lowest BCUT2D eigenvalue weighted by atomic mass is 9.73. The molecule has 0 unspecified atom stereocenters. The van der Waals surface area contributed by atoms with Gasteiger partial charge in [0, 0.05) is 29.9 Å². The van der Waals surface area contributed by atoms with Gasteiger partial charge in [-0.25, -0.2) is 0 Å². The molecule has 1 aromatic rings. The Labute approximate surface area is 238 Å². The van der Waals surface area contributed by atoms with E-state index in [0.29, 0.717) is 23.3 Å². The third-order valence-corrected chi connectivity index (χ3v) is 7.35. The first kappa shape index (κ1) is 36.0. The number of hydrogen-bond donors (Lipinski definition) is 1. The van der Waals surface area contributed by atoms with Crippen LogP contribution in [0, 0.1) is 9.93 Å². The van der Waals surface area contributed by atoms with Crippen molar-refractivity contribution in [3.05, 3.63) is 31.4 Å². The van der Waals surface area contributed by atoms with Crippen LogP contribution in [0.4, 0.5) is 5.69 Å². The van der Waals surface area contributed by atoms with Crippen LogP contribution in [-0.2, 0) is 10.2 Å². The molecule has 37 heavy (non-hydrogen) atoms. The highest BCUT2D eigenvalue weighted by atomic mass is 32.1. The molecule has 7 heteroatoms. The second-order valence-electron chi connectivity index (χ2n) is 11.7. The van der Waals surface area contributed by atoms with Crippen LogP contribution in [0.2, 0.25) is 0 Å². The standard InChI is InChI=1S/C16H28N2O2S.C9H14S.C5H13N/c1-6-18(7-2)9-11-20-10-8-17-13-12(16(3,4)5)15(21)14(13)19;1-6-5-7(10)8(6)9(2,3)4;1-4-6(3)5-2/h17H,6-11H2,1-5H3;5H2,1-4H3;4-5H2,1-3H3. The van der Waals surface area contributed by atoms with Crippen molar-refractivity contribution < 1.29 is 4.74 Å². The van der Waals surface area contributed by atoms with Crippen LogP contribution >= 0.6 is 24.4 Å². The predicted octanol–water partition coefficient (Wildman–Crippen LogP) is 6.80. The first-order chi connectivity index (χ1) is 17.1. The average molecular weight is 554 g/mol. The fourth-order valence-electron chi connectivity index (χ4n) is 4.19. The molecule has 0 bridgehead atoms. The van der Waals surface area contributed by atoms with E-state index >= 15 is 0 Å². The van der Waals surface area contributed by atoms with Gasteiger partial charge >= 0.3 is 0 Å². The summed E-state index contributed by atoms with van der Waals surface area (Å²) in [6.07, 6.45) is 1.06. The van der Waals surface area contributed by atoms with Gasteiger partial charge in [-0.3, -0.25) is 4.79 Å². The van der Waals surface area contributed by atoms with Gasteiger partial charge in [0.15, 0.2) is 0 Å². The zero-order valence-electron chi connectivity index (χ0n) is 25.9. The molecule has 0 saturated heterocycles. The van der Waals surface area contributed by atoms with E-state index in [9.17, 15) is 4.79 Å². The molecule has 214 valence electrons. The van der Waals surface area contributed by atoms with Crippen LogP contribution in [0.5, 0.6) is 0 Å². The van der Waals surface area contributed by atoms with E-state index in [2.05, 4.69) is 98.3 Å². The first-order valence-electron chi connectivity index (χ1n) is 13.9. The summed E-state index contributed by atoms with van der Waals surface area (Å²) < 4.78 is 6.08. The summed E-state index contributed by atoms with van der Waals surface area (Å²) in [6.45, 7) is 31.0. The van der Waals surface area contributed by atoms with Gasteiger partial charge in [-0.15, -0.1) is 0 Å². The van der Waals surface area contributed by atoms with Crippen LogP contribution in [0.1, 0.15) is 88.1 Å². The van der Waals surface area contributed by atoms with Crippen molar-refractivity contribution >= 4 is 35.0 Å². The van der Waals surface area contributed by atoms with Crippen molar-refractivity contribution in [3.8, 4) is 0 Å². The molecule has 0 aliphatic heterocycles. The number of rotatable bonds is 11. The molecule has 0 radical (unpaired) electrons. The van der Waals surface area contributed by atoms with Gasteiger partial charge in [0.05, 0.1) is 23.4 Å². The fraction of sp³-hybridized carbons (Fsp3) is 0.767. The van der Waals surface area contributed by atoms with Gasteiger partial charge in [-0.1, -0.05) is 99.2 Å². The smallest absolute Gasteiger partial charge is 0.220 e. The minimum Gasteiger partial charge on any atom is -0.379 e. The molecule has 0 amide bonds. The molecule has 0 spiro atoms. The van der Waals surface area contributed by atoms with Gasteiger partial charge in [0.25, 0.3) is 0 Å². The van der Waals surface area contributed by atoms with Crippen molar-refractivity contribution in [1.82, 2.24) is 9.80 Å². The zero-order valence-corrected chi connectivity index (χ0v) is 27.5. The summed E-state index contributed by atoms with van der Waals surface area (Å²) in [7, 11) is 2.11. The molecule has 5 nitrogen and oxygen atoms in total. The Morgan fingerprint density at radius 1 is 0.892 bits per heavy atom. The lowest BCUT2D eigenvalue weighted by Crippen LogP contribution is -2.30. The van der Waals surface area contributed by atoms with E-state index in [-0.39, 0.29) is 16.3 Å². The maximum absolute atomic E-state index is 11.8. The highest BCUT2D eigenvalue weighted by Crippen LogP contribution is 2.38. The van der Waals surface area contributed by atoms with Gasteiger partial charge in [-0.2, -0.15) is 0 Å². The number of allylic oxidation sites excluding steroid dienone is 2. The van der Waals surface area contributed by atoms with Gasteiger partial charge < -0.3 is 19.9 Å². The molecule has 0 heterocycles. The molecule has 0 fully saturated rings. The molecule has 1 aliphatic rings. The minimum absolute atomic E-state index is 0.0296. The van der Waals surface area contributed by atoms with Gasteiger partial charge in [0.1, 0.15) is 0 Å². The summed E-state index contributed by atoms with van der Waals surface area (Å²) in [4.78, 5) is 17.5. The van der Waals surface area contributed by atoms with E-state index in [0.717, 1.165) is 51.3 Å². The maximum Gasteiger partial charge on any atom is 0.220 e. The number of likely N-dealkylation sites (N-methyl/N-ethyl adjacent to an activating group) is 1. The summed E-state index contributed by atoms with van der Waals surface area (Å²) in [5.41, 5.74) is 4.72. The third-order valence-electron chi connectivity index (χ3n) is 6.62. The Hall–Kier alpha value is -0.990. The molecule has 1 aliphatic carbocycles. The first-order valence-corrected chi connectivity index (χ1v) is 14.7. The van der Waals surface area contributed by atoms with E-state index in [4.69, 9.17) is 29.2 Å². The van der Waals surface area contributed by atoms with Crippen molar-refractivity contribution in [1.29, 1.82) is 0 Å². The van der Waals surface area contributed by atoms with Crippen molar-refractivity contribution in [2.75, 3.05) is 64.8 Å². The average Bonchev–Trinajstić information content (AvgIpc) is 2.80. The highest BCUT2D eigenvalue weighted by Gasteiger charge is 2.29. The highest BCUT2D eigenvalue weighted by molar-refractivity contribution is 7.81. The lowest BCUT2D eigenvalue weighted by Gasteiger charge is -2.33. The summed E-state index contributed by atoms with van der Waals surface area (Å²) >= 11 is 10.3. The molecule has 0 aromatic heterocycles. The number of ether oxygens (including phenoxy) is 1. The Kier molecular flexibility index (Phi) is 16.4. The number of nitrogens with one attached hydrogen (secondary N) is 1. The number of anilines is 1. The Balaban J connectivity index is 0.000000664. The van der Waals surface area contributed by atoms with E-state index in [1.54, 1.807) is 0 Å². The molecule has 2 rings (SSSR count). The Bertz CT molecular complexity index is 924. The second-order valence-corrected chi connectivity index (χ2v) is 12.6. The zero-order chi connectivity index (χ0) is 29.0. The minimum atomic E-state index is -0.0864. The second kappa shape index (κ2) is 16.9. The molecule has 1 N–H and O–H groups in total. The molecule has 1 aromatic carbocycles. The maximum atomic E-state index is 11.8. The molecular weight excluding hydrogens is 498 g/mol. The largest absolute Gasteiger partial charge is 0.379 e. The van der Waals surface area contributed by atoms with Crippen molar-refractivity contribution in [3.63, 3.8) is 0 Å². The lowest BCUT2D eigenvalue weighted by molar-refractivity contribution is 0.114. The van der Waals surface area contributed by atoms with Crippen LogP contribution < -0.4 is 10.7 Å². The number of thiocarbonyl (C=S) groups is 1. The van der Waals surface area contributed by atoms with Crippen LogP contribution in [0.25, 0.3) is 0 Å². The third kappa shape index (κ3) is 12.2. The van der Waals surface area contributed by atoms with Crippen LogP contribution in [-0.4, -0.2) is 74.2 Å². The molecular formula is C30H55N3O2S2. The Morgan fingerprint density at radius 3 is 1.76 bits per heavy atom. The topological polar surface area (TPSA) is 44.8 Å². The number of hydrogen-bond acceptors (Lipinski definition) is 7. The SMILES string of the molecule is CC1=C(C(C)(C)C)C(=S)C1.CCN(C)CC.CCN(CC)CCOCCNc1c(C(C)(C)C)c(=S)c1=O. The van der Waals surface area contributed by atoms with Crippen molar-refractivity contribution in [2.24, 2.45) is 5.41 Å². The Morgan fingerprint density at radius 2 is 1.43 bits per heavy atom. The van der Waals surface area contributed by atoms with E-state index < -0.39 is 0 Å². The van der Waals surface area contributed by atoms with Crippen molar-refractivity contribution in [2.45, 2.75) is 88.0 Å². The molecule has 0 atom stereocenters. The number of nitrogens with zero attached hydrogens (tertiary/aromatic N) is 2. The van der Waals surface area contributed by atoms with Gasteiger partial charge in [0.2, 0.25) is 5.43 Å². The summed E-state index contributed by atoms with van der Waals surface area (Å²) in [5, 5.41) is 3.18. The quantitative estimate of drug-likeness (QED) is 0.239. The van der Waals surface area contributed by atoms with E-state index in [1.165, 1.54) is 16.0 Å². The summed E-state index contributed by atoms with van der Waals surface area (Å²) in [6, 6.07) is 0. The fourth-order valence-corrected chi connectivity index (χ4v) is 5.40. The monoisotopic (exact) mass is 553 g/mol. The molecule has 0 saturated carbocycles. The predicted molar refractivity (Wildman–Crippen MR) is 170 cm³/mol. The normalized spacial score (nSPS) is 13.8. The van der Waals surface area contributed by atoms with Gasteiger partial charge in [-0.05, 0) is 56.6 Å². The summed E-state index contributed by atoms with van der Waals surface area (Å²) in [5.74, 6) is 0. The van der Waals surface area contributed by atoms with Crippen LogP contribution in [0.15, 0.2) is 15.9 Å². The van der Waals surface area contributed by atoms with Crippen LogP contribution in [0.3, 0.4) is 0 Å². The van der Waals surface area contributed by atoms with E-state index in [1.807, 2.05) is 0 Å².